The number of methoxy groups -OCH3 is 1. The van der Waals surface area contributed by atoms with Gasteiger partial charge in [0.15, 0.2) is 11.5 Å². The smallest absolute Gasteiger partial charge is 0.360 e. The first kappa shape index (κ1) is 10.2. The summed E-state index contributed by atoms with van der Waals surface area (Å²) in [6.07, 6.45) is 0. The van der Waals surface area contributed by atoms with Gasteiger partial charge >= 0.3 is 5.97 Å². The number of anilines is 1. The van der Waals surface area contributed by atoms with E-state index < -0.39 is 5.97 Å². The minimum atomic E-state index is -0.523. The van der Waals surface area contributed by atoms with Gasteiger partial charge in [-0.25, -0.2) is 4.79 Å². The number of esters is 1. The zero-order chi connectivity index (χ0) is 11.5. The first-order valence-electron chi connectivity index (χ1n) is 4.61. The van der Waals surface area contributed by atoms with Crippen LogP contribution in [0.2, 0.25) is 0 Å². The average molecular weight is 218 g/mol. The van der Waals surface area contributed by atoms with Gasteiger partial charge < -0.3 is 15.0 Å². The molecule has 1 heterocycles. The Hall–Kier alpha value is -2.30. The summed E-state index contributed by atoms with van der Waals surface area (Å²) in [4.78, 5) is 11.1. The van der Waals surface area contributed by atoms with Crippen LogP contribution < -0.4 is 5.73 Å². The maximum absolute atomic E-state index is 11.1. The Labute approximate surface area is 91.8 Å². The van der Waals surface area contributed by atoms with Gasteiger partial charge in [-0.05, 0) is 24.3 Å². The van der Waals surface area contributed by atoms with Crippen LogP contribution >= 0.6 is 0 Å². The molecule has 0 radical (unpaired) electrons. The molecule has 0 fully saturated rings. The van der Waals surface area contributed by atoms with Crippen molar-refractivity contribution in [2.24, 2.45) is 0 Å². The third kappa shape index (κ3) is 1.88. The van der Waals surface area contributed by atoms with E-state index in [1.54, 1.807) is 24.3 Å². The van der Waals surface area contributed by atoms with Crippen molar-refractivity contribution in [3.63, 3.8) is 0 Å². The molecule has 1 aromatic heterocycles. The van der Waals surface area contributed by atoms with Crippen molar-refractivity contribution in [3.05, 3.63) is 36.0 Å². The van der Waals surface area contributed by atoms with Crippen LogP contribution in [0.15, 0.2) is 34.9 Å². The number of nitrogen functional groups attached to an aromatic ring is 1. The normalized spacial score (nSPS) is 10.1. The van der Waals surface area contributed by atoms with E-state index in [1.807, 2.05) is 0 Å². The second-order valence-electron chi connectivity index (χ2n) is 3.19. The molecule has 0 unspecified atom stereocenters. The van der Waals surface area contributed by atoms with E-state index in [0.717, 1.165) is 5.56 Å². The van der Waals surface area contributed by atoms with E-state index in [9.17, 15) is 4.79 Å². The Kier molecular flexibility index (Phi) is 2.59. The van der Waals surface area contributed by atoms with Gasteiger partial charge in [0, 0.05) is 17.3 Å². The Bertz CT molecular complexity index is 502. The van der Waals surface area contributed by atoms with Gasteiger partial charge in [-0.2, -0.15) is 0 Å². The molecule has 0 aliphatic rings. The Morgan fingerprint density at radius 3 is 2.69 bits per heavy atom. The van der Waals surface area contributed by atoms with Crippen LogP contribution in [0.5, 0.6) is 0 Å². The lowest BCUT2D eigenvalue weighted by Crippen LogP contribution is -2.00. The number of carbonyl (C=O) groups is 1. The topological polar surface area (TPSA) is 78.4 Å². The molecule has 0 amide bonds. The predicted octanol–water partition coefficient (Wildman–Crippen LogP) is 1.71. The number of nitrogens with zero attached hydrogens (tertiary/aromatic N) is 1. The molecule has 5 heteroatoms. The zero-order valence-electron chi connectivity index (χ0n) is 8.64. The Morgan fingerprint density at radius 1 is 1.38 bits per heavy atom. The minimum Gasteiger partial charge on any atom is -0.464 e. The van der Waals surface area contributed by atoms with Crippen molar-refractivity contribution in [2.45, 2.75) is 0 Å². The molecule has 0 atom stereocenters. The number of hydrogen-bond acceptors (Lipinski definition) is 5. The van der Waals surface area contributed by atoms with Crippen molar-refractivity contribution in [1.29, 1.82) is 0 Å². The van der Waals surface area contributed by atoms with E-state index in [1.165, 1.54) is 13.2 Å². The lowest BCUT2D eigenvalue weighted by atomic mass is 10.1. The van der Waals surface area contributed by atoms with Gasteiger partial charge in [0.05, 0.1) is 7.11 Å². The lowest BCUT2D eigenvalue weighted by molar-refractivity contribution is 0.0589. The van der Waals surface area contributed by atoms with Crippen LogP contribution in [-0.2, 0) is 4.74 Å². The van der Waals surface area contributed by atoms with Crippen molar-refractivity contribution in [2.75, 3.05) is 12.8 Å². The monoisotopic (exact) mass is 218 g/mol. The highest BCUT2D eigenvalue weighted by molar-refractivity contribution is 5.88. The first-order valence-corrected chi connectivity index (χ1v) is 4.61. The standard InChI is InChI=1S/C11H10N2O3/c1-15-11(14)9-6-10(16-13-9)7-2-4-8(12)5-3-7/h2-6H,12H2,1H3. The summed E-state index contributed by atoms with van der Waals surface area (Å²) in [5.41, 5.74) is 7.17. The molecule has 82 valence electrons. The number of carbonyl (C=O) groups excluding carboxylic acids is 1. The van der Waals surface area contributed by atoms with E-state index in [-0.39, 0.29) is 5.69 Å². The van der Waals surface area contributed by atoms with Crippen LogP contribution in [0.4, 0.5) is 5.69 Å². The highest BCUT2D eigenvalue weighted by atomic mass is 16.5. The number of aromatic nitrogens is 1. The lowest BCUT2D eigenvalue weighted by Gasteiger charge is -1.95. The number of hydrogen-bond donors (Lipinski definition) is 1. The van der Waals surface area contributed by atoms with Crippen LogP contribution in [0.1, 0.15) is 10.5 Å². The molecule has 16 heavy (non-hydrogen) atoms. The maximum Gasteiger partial charge on any atom is 0.360 e. The second kappa shape index (κ2) is 4.06. The van der Waals surface area contributed by atoms with Crippen LogP contribution in [0, 0.1) is 0 Å². The SMILES string of the molecule is COC(=O)c1cc(-c2ccc(N)cc2)on1. The molecule has 2 rings (SSSR count). The Balaban J connectivity index is 2.31. The molecule has 5 nitrogen and oxygen atoms in total. The number of nitrogens with two attached hydrogens (primary N) is 1. The van der Waals surface area contributed by atoms with Gasteiger partial charge in [-0.15, -0.1) is 0 Å². The van der Waals surface area contributed by atoms with Crippen LogP contribution in [0.25, 0.3) is 11.3 Å². The van der Waals surface area contributed by atoms with Crippen LogP contribution in [-0.4, -0.2) is 18.2 Å². The molecular weight excluding hydrogens is 208 g/mol. The summed E-state index contributed by atoms with van der Waals surface area (Å²) < 4.78 is 9.55. The number of rotatable bonds is 2. The van der Waals surface area contributed by atoms with E-state index in [0.29, 0.717) is 11.4 Å². The molecule has 0 saturated heterocycles. The summed E-state index contributed by atoms with van der Waals surface area (Å²) in [7, 11) is 1.29. The van der Waals surface area contributed by atoms with Crippen LogP contribution in [0.3, 0.4) is 0 Å². The molecule has 0 aliphatic carbocycles. The molecular formula is C11H10N2O3. The van der Waals surface area contributed by atoms with Gasteiger partial charge in [-0.3, -0.25) is 0 Å². The first-order chi connectivity index (χ1) is 7.70. The van der Waals surface area contributed by atoms with Gasteiger partial charge in [0.1, 0.15) is 0 Å². The average Bonchev–Trinajstić information content (AvgIpc) is 2.78. The third-order valence-electron chi connectivity index (χ3n) is 2.10. The largest absolute Gasteiger partial charge is 0.464 e. The summed E-state index contributed by atoms with van der Waals surface area (Å²) in [6.45, 7) is 0. The van der Waals surface area contributed by atoms with Gasteiger partial charge in [0.25, 0.3) is 0 Å². The van der Waals surface area contributed by atoms with E-state index >= 15 is 0 Å². The summed E-state index contributed by atoms with van der Waals surface area (Å²) in [6, 6.07) is 8.59. The fraction of sp³-hybridized carbons (Fsp3) is 0.0909. The maximum atomic E-state index is 11.1. The summed E-state index contributed by atoms with van der Waals surface area (Å²) >= 11 is 0. The molecule has 0 bridgehead atoms. The molecule has 0 aliphatic heterocycles. The number of benzene rings is 1. The molecule has 1 aromatic carbocycles. The fourth-order valence-corrected chi connectivity index (χ4v) is 1.26. The van der Waals surface area contributed by atoms with Crippen molar-refractivity contribution >= 4 is 11.7 Å². The predicted molar refractivity (Wildman–Crippen MR) is 57.7 cm³/mol. The highest BCUT2D eigenvalue weighted by Crippen LogP contribution is 2.21. The molecule has 0 spiro atoms. The van der Waals surface area contributed by atoms with E-state index in [4.69, 9.17) is 10.3 Å². The zero-order valence-corrected chi connectivity index (χ0v) is 8.64. The fourth-order valence-electron chi connectivity index (χ4n) is 1.26. The number of ether oxygens (including phenoxy) is 1. The van der Waals surface area contributed by atoms with Crippen molar-refractivity contribution < 1.29 is 14.1 Å². The minimum absolute atomic E-state index is 0.148. The summed E-state index contributed by atoms with van der Waals surface area (Å²) in [5, 5.41) is 3.60. The second-order valence-corrected chi connectivity index (χ2v) is 3.19. The van der Waals surface area contributed by atoms with Crippen molar-refractivity contribution in [3.8, 4) is 11.3 Å². The van der Waals surface area contributed by atoms with Gasteiger partial charge in [0.2, 0.25) is 0 Å². The summed E-state index contributed by atoms with van der Waals surface area (Å²) in [5.74, 6) is -0.0224. The Morgan fingerprint density at radius 2 is 2.06 bits per heavy atom. The molecule has 2 aromatic rings. The molecule has 0 saturated carbocycles. The molecule has 2 N–H and O–H groups in total. The van der Waals surface area contributed by atoms with Crippen molar-refractivity contribution in [1.82, 2.24) is 5.16 Å². The van der Waals surface area contributed by atoms with E-state index in [2.05, 4.69) is 9.89 Å². The third-order valence-corrected chi connectivity index (χ3v) is 2.10. The highest BCUT2D eigenvalue weighted by Gasteiger charge is 2.13. The quantitative estimate of drug-likeness (QED) is 0.613. The van der Waals surface area contributed by atoms with Gasteiger partial charge in [-0.1, -0.05) is 5.16 Å².